The van der Waals surface area contributed by atoms with Gasteiger partial charge in [-0.2, -0.15) is 5.26 Å². The minimum Gasteiger partial charge on any atom is -0.493 e. The fourth-order valence-corrected chi connectivity index (χ4v) is 1.24. The molecular weight excluding hydrogens is 225 g/mol. The highest BCUT2D eigenvalue weighted by molar-refractivity contribution is 5.66. The number of carbonyl (C=O) groups is 1. The predicted octanol–water partition coefficient (Wildman–Crippen LogP) is 2.33. The number of unbranched alkanes of at least 4 members (excludes halogenated alkanes) is 1. The maximum Gasteiger partial charge on any atom is 0.303 e. The second-order valence-corrected chi connectivity index (χ2v) is 3.45. The molecule has 0 aliphatic carbocycles. The van der Waals surface area contributed by atoms with E-state index in [0.29, 0.717) is 25.2 Å². The average Bonchev–Trinajstić information content (AvgIpc) is 2.28. The number of nitrogens with zero attached hydrogens (tertiary/aromatic N) is 1. The Morgan fingerprint density at radius 2 is 2.24 bits per heavy atom. The number of hydrogen-bond acceptors (Lipinski definition) is 3. The quantitative estimate of drug-likeness (QED) is 0.771. The summed E-state index contributed by atoms with van der Waals surface area (Å²) in [6.45, 7) is 0.332. The van der Waals surface area contributed by atoms with Gasteiger partial charge in [-0.1, -0.05) is 0 Å². The third-order valence-corrected chi connectivity index (χ3v) is 2.11. The summed E-state index contributed by atoms with van der Waals surface area (Å²) in [7, 11) is 0. The second kappa shape index (κ2) is 6.48. The predicted molar refractivity (Wildman–Crippen MR) is 58.1 cm³/mol. The van der Waals surface area contributed by atoms with Gasteiger partial charge in [0.1, 0.15) is 17.6 Å². The Labute approximate surface area is 98.2 Å². The van der Waals surface area contributed by atoms with Crippen LogP contribution in [0.5, 0.6) is 5.75 Å². The first-order valence-corrected chi connectivity index (χ1v) is 5.17. The van der Waals surface area contributed by atoms with Crippen molar-refractivity contribution in [1.29, 1.82) is 5.26 Å². The van der Waals surface area contributed by atoms with E-state index >= 15 is 0 Å². The van der Waals surface area contributed by atoms with Crippen molar-refractivity contribution in [2.24, 2.45) is 0 Å². The molecule has 1 aromatic carbocycles. The molecule has 0 aliphatic heterocycles. The summed E-state index contributed by atoms with van der Waals surface area (Å²) in [5.41, 5.74) is -0.0248. The molecule has 0 aromatic heterocycles. The van der Waals surface area contributed by atoms with Gasteiger partial charge in [-0.3, -0.25) is 4.79 Å². The first-order chi connectivity index (χ1) is 8.13. The maximum absolute atomic E-state index is 13.2. The SMILES string of the molecule is N#Cc1ccc(OCCCCC(=O)O)cc1F. The smallest absolute Gasteiger partial charge is 0.303 e. The summed E-state index contributed by atoms with van der Waals surface area (Å²) in [4.78, 5) is 10.2. The number of hydrogen-bond donors (Lipinski definition) is 1. The molecule has 4 nitrogen and oxygen atoms in total. The minimum atomic E-state index is -0.839. The summed E-state index contributed by atoms with van der Waals surface area (Å²) in [6.07, 6.45) is 1.22. The lowest BCUT2D eigenvalue weighted by Gasteiger charge is -2.05. The molecule has 0 atom stereocenters. The number of carboxylic acid groups (broad SMARTS) is 1. The van der Waals surface area contributed by atoms with Crippen LogP contribution in [-0.2, 0) is 4.79 Å². The van der Waals surface area contributed by atoms with Gasteiger partial charge in [0.05, 0.1) is 12.2 Å². The number of halogens is 1. The Kier molecular flexibility index (Phi) is 4.95. The number of rotatable bonds is 6. The van der Waals surface area contributed by atoms with Gasteiger partial charge in [0.2, 0.25) is 0 Å². The van der Waals surface area contributed by atoms with Crippen LogP contribution >= 0.6 is 0 Å². The highest BCUT2D eigenvalue weighted by Gasteiger charge is 2.03. The number of ether oxygens (including phenoxy) is 1. The van der Waals surface area contributed by atoms with Crippen LogP contribution in [0.25, 0.3) is 0 Å². The van der Waals surface area contributed by atoms with Crippen LogP contribution in [0, 0.1) is 17.1 Å². The molecule has 0 bridgehead atoms. The van der Waals surface area contributed by atoms with Crippen molar-refractivity contribution >= 4 is 5.97 Å². The number of carboxylic acids is 1. The van der Waals surface area contributed by atoms with E-state index in [1.54, 1.807) is 6.07 Å². The van der Waals surface area contributed by atoms with E-state index in [1.165, 1.54) is 12.1 Å². The topological polar surface area (TPSA) is 70.3 Å². The van der Waals surface area contributed by atoms with Crippen molar-refractivity contribution in [2.45, 2.75) is 19.3 Å². The van der Waals surface area contributed by atoms with Gasteiger partial charge in [0, 0.05) is 12.5 Å². The molecule has 1 aromatic rings. The minimum absolute atomic E-state index is 0.0248. The Morgan fingerprint density at radius 3 is 2.82 bits per heavy atom. The van der Waals surface area contributed by atoms with E-state index in [4.69, 9.17) is 15.1 Å². The summed E-state index contributed by atoms with van der Waals surface area (Å²) < 4.78 is 18.4. The summed E-state index contributed by atoms with van der Waals surface area (Å²) in [5.74, 6) is -1.11. The van der Waals surface area contributed by atoms with Gasteiger partial charge in [-0.05, 0) is 25.0 Å². The van der Waals surface area contributed by atoms with E-state index in [-0.39, 0.29) is 12.0 Å². The molecule has 17 heavy (non-hydrogen) atoms. The molecule has 1 rings (SSSR count). The molecule has 0 saturated carbocycles. The molecule has 0 amide bonds. The fraction of sp³-hybridized carbons (Fsp3) is 0.333. The fourth-order valence-electron chi connectivity index (χ4n) is 1.24. The van der Waals surface area contributed by atoms with Crippen molar-refractivity contribution in [2.75, 3.05) is 6.61 Å². The van der Waals surface area contributed by atoms with Gasteiger partial charge in [0.15, 0.2) is 0 Å². The van der Waals surface area contributed by atoms with Crippen LogP contribution in [0.1, 0.15) is 24.8 Å². The lowest BCUT2D eigenvalue weighted by molar-refractivity contribution is -0.137. The maximum atomic E-state index is 13.2. The Bertz CT molecular complexity index is 440. The first kappa shape index (κ1) is 13.0. The molecule has 1 N–H and O–H groups in total. The van der Waals surface area contributed by atoms with Crippen LogP contribution in [0.4, 0.5) is 4.39 Å². The normalized spacial score (nSPS) is 9.65. The molecule has 90 valence electrons. The van der Waals surface area contributed by atoms with E-state index < -0.39 is 11.8 Å². The Balaban J connectivity index is 2.35. The molecule has 0 heterocycles. The third-order valence-electron chi connectivity index (χ3n) is 2.11. The third kappa shape index (κ3) is 4.51. The van der Waals surface area contributed by atoms with Crippen molar-refractivity contribution in [1.82, 2.24) is 0 Å². The molecule has 0 fully saturated rings. The van der Waals surface area contributed by atoms with Crippen molar-refractivity contribution < 1.29 is 19.0 Å². The molecule has 0 saturated heterocycles. The Morgan fingerprint density at radius 1 is 1.47 bits per heavy atom. The molecule has 0 radical (unpaired) electrons. The highest BCUT2D eigenvalue weighted by Crippen LogP contribution is 2.16. The molecule has 0 aliphatic rings. The first-order valence-electron chi connectivity index (χ1n) is 5.17. The zero-order valence-corrected chi connectivity index (χ0v) is 9.15. The summed E-state index contributed by atoms with van der Waals surface area (Å²) in [5, 5.41) is 16.9. The standard InChI is InChI=1S/C12H12FNO3/c13-11-7-10(5-4-9(11)8-14)17-6-2-1-3-12(15)16/h4-5,7H,1-3,6H2,(H,15,16). The average molecular weight is 237 g/mol. The van der Waals surface area contributed by atoms with E-state index in [0.717, 1.165) is 6.07 Å². The monoisotopic (exact) mass is 237 g/mol. The molecular formula is C12H12FNO3. The van der Waals surface area contributed by atoms with Crippen molar-refractivity contribution in [3.05, 3.63) is 29.6 Å². The van der Waals surface area contributed by atoms with Gasteiger partial charge >= 0.3 is 5.97 Å². The number of benzene rings is 1. The Hall–Kier alpha value is -2.09. The summed E-state index contributed by atoms with van der Waals surface area (Å²) >= 11 is 0. The summed E-state index contributed by atoms with van der Waals surface area (Å²) in [6, 6.07) is 5.73. The van der Waals surface area contributed by atoms with E-state index in [1.807, 2.05) is 0 Å². The van der Waals surface area contributed by atoms with Gasteiger partial charge in [-0.15, -0.1) is 0 Å². The molecule has 0 unspecified atom stereocenters. The van der Waals surface area contributed by atoms with Gasteiger partial charge in [0.25, 0.3) is 0 Å². The van der Waals surface area contributed by atoms with Crippen LogP contribution < -0.4 is 4.74 Å². The zero-order chi connectivity index (χ0) is 12.7. The van der Waals surface area contributed by atoms with Crippen molar-refractivity contribution in [3.63, 3.8) is 0 Å². The number of nitriles is 1. The second-order valence-electron chi connectivity index (χ2n) is 3.45. The molecule has 0 spiro atoms. The lowest BCUT2D eigenvalue weighted by atomic mass is 10.2. The van der Waals surface area contributed by atoms with E-state index in [9.17, 15) is 9.18 Å². The van der Waals surface area contributed by atoms with Crippen LogP contribution in [0.15, 0.2) is 18.2 Å². The largest absolute Gasteiger partial charge is 0.493 e. The van der Waals surface area contributed by atoms with Crippen LogP contribution in [0.3, 0.4) is 0 Å². The van der Waals surface area contributed by atoms with E-state index in [2.05, 4.69) is 0 Å². The van der Waals surface area contributed by atoms with Crippen LogP contribution in [-0.4, -0.2) is 17.7 Å². The molecule has 5 heteroatoms. The van der Waals surface area contributed by atoms with Crippen molar-refractivity contribution in [3.8, 4) is 11.8 Å². The number of aliphatic carboxylic acids is 1. The highest BCUT2D eigenvalue weighted by atomic mass is 19.1. The zero-order valence-electron chi connectivity index (χ0n) is 9.15. The van der Waals surface area contributed by atoms with Gasteiger partial charge in [-0.25, -0.2) is 4.39 Å². The lowest BCUT2D eigenvalue weighted by Crippen LogP contribution is -2.00. The van der Waals surface area contributed by atoms with Gasteiger partial charge < -0.3 is 9.84 Å². The van der Waals surface area contributed by atoms with Crippen LogP contribution in [0.2, 0.25) is 0 Å².